The minimum atomic E-state index is 0. The molecular weight excluding hydrogens is 438 g/mol. The summed E-state index contributed by atoms with van der Waals surface area (Å²) < 4.78 is 55.5. The molecule has 2 radical (unpaired) electrons. The van der Waals surface area contributed by atoms with E-state index in [0.29, 0.717) is 13.2 Å². The molecule has 0 heterocycles. The Morgan fingerprint density at radius 2 is 0.731 bits per heavy atom. The molecule has 0 saturated carbocycles. The molecule has 26 heavy (non-hydrogen) atoms. The van der Waals surface area contributed by atoms with Crippen LogP contribution in [0.4, 0.5) is 0 Å². The minimum Gasteiger partial charge on any atom is 0 e. The van der Waals surface area contributed by atoms with Gasteiger partial charge in [0.15, 0.2) is 0 Å². The molecule has 0 rings (SSSR count). The maximum absolute atomic E-state index is 7.50. The third kappa shape index (κ3) is 112. The van der Waals surface area contributed by atoms with Gasteiger partial charge in [-0.1, -0.05) is 11.8 Å². The molecule has 2 unspecified atom stereocenters. The van der Waals surface area contributed by atoms with Gasteiger partial charge in [-0.3, -0.25) is 0 Å². The predicted octanol–water partition coefficient (Wildman–Crippen LogP) is 1.61. The summed E-state index contributed by atoms with van der Waals surface area (Å²) in [5.41, 5.74) is 0. The van der Waals surface area contributed by atoms with Crippen LogP contribution >= 0.6 is 0 Å². The van der Waals surface area contributed by atoms with Gasteiger partial charge in [-0.05, 0) is 27.7 Å². The fourth-order valence-corrected chi connectivity index (χ4v) is 0.818. The topological polar surface area (TPSA) is 138 Å². The fourth-order valence-electron chi connectivity index (χ4n) is 0.818. The van der Waals surface area contributed by atoms with Crippen molar-refractivity contribution in [1.29, 1.82) is 0 Å². The molecule has 0 aromatic rings. The van der Waals surface area contributed by atoms with Gasteiger partial charge in [0, 0.05) is 46.8 Å². The van der Waals surface area contributed by atoms with Crippen molar-refractivity contribution in [3.63, 3.8) is 0 Å². The van der Waals surface area contributed by atoms with Crippen LogP contribution in [-0.4, -0.2) is 25.4 Å². The van der Waals surface area contributed by atoms with Crippen molar-refractivity contribution in [3.05, 3.63) is 39.9 Å². The normalized spacial score (nSPS) is 7.23. The molecule has 0 aliphatic heterocycles. The zero-order valence-electron chi connectivity index (χ0n) is 14.5. The summed E-state index contributed by atoms with van der Waals surface area (Å²) >= 11 is 0. The van der Waals surface area contributed by atoms with E-state index < -0.39 is 0 Å². The Morgan fingerprint density at radius 3 is 0.846 bits per heavy atom. The van der Waals surface area contributed by atoms with Crippen molar-refractivity contribution in [2.75, 3.05) is 13.2 Å². The average Bonchev–Trinajstić information content (AvgIpc) is 2.70. The first-order valence-electron chi connectivity index (χ1n) is 5.67. The monoisotopic (exact) mass is 456 g/mol. The van der Waals surface area contributed by atoms with E-state index >= 15 is 0 Å². The zero-order valence-corrected chi connectivity index (χ0v) is 16.6. The second-order valence-corrected chi connectivity index (χ2v) is 2.48. The van der Waals surface area contributed by atoms with Gasteiger partial charge in [0.2, 0.25) is 0 Å². The summed E-state index contributed by atoms with van der Waals surface area (Å²) in [6.07, 6.45) is 0.0239. The molecule has 0 saturated heterocycles. The summed E-state index contributed by atoms with van der Waals surface area (Å²) in [7, 11) is 0. The van der Waals surface area contributed by atoms with E-state index in [0.717, 1.165) is 0 Å². The van der Waals surface area contributed by atoms with Gasteiger partial charge in [-0.25, -0.2) is 0 Å². The Hall–Kier alpha value is -1.07. The van der Waals surface area contributed by atoms with Crippen molar-refractivity contribution >= 4 is 0 Å². The van der Waals surface area contributed by atoms with Gasteiger partial charge in [0.1, 0.15) is 12.2 Å². The first-order chi connectivity index (χ1) is 11.7. The molecule has 0 spiro atoms. The van der Waals surface area contributed by atoms with Crippen molar-refractivity contribution in [2.24, 2.45) is 0 Å². The van der Waals surface area contributed by atoms with Crippen LogP contribution in [0.15, 0.2) is 0 Å². The zero-order chi connectivity index (χ0) is 21.4. The van der Waals surface area contributed by atoms with Crippen LogP contribution in [0.2, 0.25) is 0 Å². The SMILES string of the molecule is CCOC(C)C#CC(C)OCC.[C-]#[O+].[C-]#[O+].[C-]#[O+].[C-]#[O+].[C-]#[O+].[C-]#[O+].[Co].[Co]. The van der Waals surface area contributed by atoms with Crippen LogP contribution in [0.5, 0.6) is 0 Å². The van der Waals surface area contributed by atoms with E-state index in [4.69, 9.17) is 37.4 Å². The Morgan fingerprint density at radius 1 is 0.577 bits per heavy atom. The second kappa shape index (κ2) is 105. The Kier molecular flexibility index (Phi) is 228. The second-order valence-electron chi connectivity index (χ2n) is 2.48. The van der Waals surface area contributed by atoms with Gasteiger partial charge < -0.3 is 9.47 Å². The van der Waals surface area contributed by atoms with E-state index in [1.807, 2.05) is 27.7 Å². The van der Waals surface area contributed by atoms with E-state index in [2.05, 4.69) is 51.7 Å². The molecule has 0 N–H and O–H groups in total. The van der Waals surface area contributed by atoms with Crippen LogP contribution in [0, 0.1) is 51.7 Å². The summed E-state index contributed by atoms with van der Waals surface area (Å²) in [6.45, 7) is 36.2. The predicted molar refractivity (Wildman–Crippen MR) is 73.5 cm³/mol. The van der Waals surface area contributed by atoms with Crippen molar-refractivity contribution in [1.82, 2.24) is 0 Å². The van der Waals surface area contributed by atoms with Crippen LogP contribution in [-0.2, 0) is 70.9 Å². The van der Waals surface area contributed by atoms with Gasteiger partial charge in [-0.15, -0.1) is 0 Å². The Labute approximate surface area is 175 Å². The molecule has 0 fully saturated rings. The molecule has 8 nitrogen and oxygen atoms in total. The molecule has 10 heteroatoms. The van der Waals surface area contributed by atoms with Gasteiger partial charge in [0.05, 0.1) is 0 Å². The summed E-state index contributed by atoms with van der Waals surface area (Å²) in [4.78, 5) is 0. The summed E-state index contributed by atoms with van der Waals surface area (Å²) in [5, 5.41) is 0. The quantitative estimate of drug-likeness (QED) is 0.361. The first kappa shape index (κ1) is 56.3. The van der Waals surface area contributed by atoms with Crippen LogP contribution in [0.3, 0.4) is 0 Å². The van der Waals surface area contributed by atoms with E-state index in [-0.39, 0.29) is 45.8 Å². The van der Waals surface area contributed by atoms with Crippen molar-refractivity contribution in [2.45, 2.75) is 39.9 Å². The van der Waals surface area contributed by atoms with Crippen molar-refractivity contribution < 1.29 is 70.9 Å². The van der Waals surface area contributed by atoms with E-state index in [1.54, 1.807) is 0 Å². The number of rotatable bonds is 4. The molecular formula is C16H18Co2O8. The molecule has 0 aliphatic rings. The molecule has 0 aliphatic carbocycles. The average molecular weight is 456 g/mol. The Balaban J connectivity index is -0.0000000252. The smallest absolute Gasteiger partial charge is 0 e. The fraction of sp³-hybridized carbons (Fsp3) is 0.500. The molecule has 2 atom stereocenters. The van der Waals surface area contributed by atoms with Crippen LogP contribution < -0.4 is 0 Å². The molecule has 0 bridgehead atoms. The Bertz CT molecular complexity index is 312. The number of hydrogen-bond acceptors (Lipinski definition) is 2. The van der Waals surface area contributed by atoms with Gasteiger partial charge >= 0.3 is 67.8 Å². The maximum atomic E-state index is 7.50. The molecule has 0 aromatic heterocycles. The molecule has 0 amide bonds. The minimum absolute atomic E-state index is 0. The van der Waals surface area contributed by atoms with Gasteiger partial charge in [0.25, 0.3) is 0 Å². The van der Waals surface area contributed by atoms with Crippen LogP contribution in [0.1, 0.15) is 27.7 Å². The van der Waals surface area contributed by atoms with E-state index in [1.165, 1.54) is 0 Å². The number of ether oxygens (including phenoxy) is 2. The standard InChI is InChI=1S/C10H18O2.6CO.2Co/c1-5-11-9(3)7-8-10(4)12-6-2;6*1-2;;/h9-10H,5-6H2,1-4H3;;;;;;;;. The maximum Gasteiger partial charge on any atom is 0 e. The third-order valence-electron chi connectivity index (χ3n) is 1.32. The largest absolute Gasteiger partial charge is 0 e. The van der Waals surface area contributed by atoms with Crippen LogP contribution in [0.25, 0.3) is 0 Å². The first-order valence-corrected chi connectivity index (χ1v) is 5.67. The summed E-state index contributed by atoms with van der Waals surface area (Å²) in [6, 6.07) is 0. The van der Waals surface area contributed by atoms with E-state index in [9.17, 15) is 0 Å². The van der Waals surface area contributed by atoms with Crippen molar-refractivity contribution in [3.8, 4) is 11.8 Å². The van der Waals surface area contributed by atoms with Gasteiger partial charge in [-0.2, -0.15) is 0 Å². The third-order valence-corrected chi connectivity index (χ3v) is 1.32. The summed E-state index contributed by atoms with van der Waals surface area (Å²) in [5.74, 6) is 5.94. The molecule has 0 aromatic carbocycles. The number of hydrogen-bond donors (Lipinski definition) is 0. The molecule has 148 valence electrons.